The molecule has 0 radical (unpaired) electrons. The van der Waals surface area contributed by atoms with Crippen LogP contribution in [-0.2, 0) is 26.1 Å². The van der Waals surface area contributed by atoms with E-state index in [-0.39, 0.29) is 0 Å². The predicted octanol–water partition coefficient (Wildman–Crippen LogP) is 1.60. The summed E-state index contributed by atoms with van der Waals surface area (Å²) in [6.45, 7) is 7.78. The van der Waals surface area contributed by atoms with Gasteiger partial charge in [-0.25, -0.2) is 4.68 Å². The van der Waals surface area contributed by atoms with Gasteiger partial charge in [0.1, 0.15) is 0 Å². The third-order valence-electron chi connectivity index (χ3n) is 3.92. The van der Waals surface area contributed by atoms with Crippen LogP contribution in [0.2, 0.25) is 0 Å². The highest BCUT2D eigenvalue weighted by molar-refractivity contribution is 5.11. The molecule has 2 aromatic rings. The summed E-state index contributed by atoms with van der Waals surface area (Å²) in [4.78, 5) is 0. The van der Waals surface area contributed by atoms with Gasteiger partial charge in [0.15, 0.2) is 0 Å². The largest absolute Gasteiger partial charge is 0.311 e. The van der Waals surface area contributed by atoms with Crippen LogP contribution in [0.4, 0.5) is 0 Å². The first kappa shape index (κ1) is 14.3. The summed E-state index contributed by atoms with van der Waals surface area (Å²) in [6, 6.07) is 2.16. The second kappa shape index (κ2) is 6.39. The quantitative estimate of drug-likeness (QED) is 0.801. The Labute approximate surface area is 125 Å². The first-order valence-electron chi connectivity index (χ1n) is 7.93. The maximum Gasteiger partial charge on any atom is 0.0964 e. The lowest BCUT2D eigenvalue weighted by Crippen LogP contribution is -2.16. The van der Waals surface area contributed by atoms with Gasteiger partial charge in [0, 0.05) is 13.1 Å². The lowest BCUT2D eigenvalue weighted by molar-refractivity contribution is 0.563. The topological polar surface area (TPSA) is 60.6 Å². The fourth-order valence-electron chi connectivity index (χ4n) is 2.48. The highest BCUT2D eigenvalue weighted by atomic mass is 15.4. The van der Waals surface area contributed by atoms with Crippen LogP contribution in [0.5, 0.6) is 0 Å². The number of aryl methyl sites for hydroxylation is 2. The van der Waals surface area contributed by atoms with Gasteiger partial charge in [-0.2, -0.15) is 5.10 Å². The van der Waals surface area contributed by atoms with E-state index in [1.165, 1.54) is 18.5 Å². The molecule has 1 N–H and O–H groups in total. The van der Waals surface area contributed by atoms with E-state index in [4.69, 9.17) is 0 Å². The zero-order valence-electron chi connectivity index (χ0n) is 12.9. The van der Waals surface area contributed by atoms with E-state index in [1.54, 1.807) is 0 Å². The summed E-state index contributed by atoms with van der Waals surface area (Å²) in [6.07, 6.45) is 5.74. The lowest BCUT2D eigenvalue weighted by atomic mass is 10.3. The summed E-state index contributed by atoms with van der Waals surface area (Å²) >= 11 is 0. The van der Waals surface area contributed by atoms with Gasteiger partial charge in [0.2, 0.25) is 0 Å². The number of aromatic nitrogens is 5. The van der Waals surface area contributed by atoms with E-state index in [9.17, 15) is 0 Å². The Kier molecular flexibility index (Phi) is 4.34. The van der Waals surface area contributed by atoms with Crippen molar-refractivity contribution in [2.24, 2.45) is 5.92 Å². The van der Waals surface area contributed by atoms with Gasteiger partial charge in [-0.15, -0.1) is 5.10 Å². The van der Waals surface area contributed by atoms with Gasteiger partial charge in [-0.05, 0) is 44.7 Å². The standard InChI is InChI=1S/C15H24N6/c1-3-13-7-15(21(4-2)18-13)11-20-10-14(17-19-20)9-16-8-12-5-6-12/h7,10,12,16H,3-6,8-9,11H2,1-2H3. The lowest BCUT2D eigenvalue weighted by Gasteiger charge is -2.03. The van der Waals surface area contributed by atoms with E-state index in [0.717, 1.165) is 49.9 Å². The summed E-state index contributed by atoms with van der Waals surface area (Å²) < 4.78 is 3.95. The van der Waals surface area contributed by atoms with Crippen molar-refractivity contribution in [3.63, 3.8) is 0 Å². The Bertz CT molecular complexity index is 581. The predicted molar refractivity (Wildman–Crippen MR) is 80.8 cm³/mol. The number of rotatable bonds is 8. The Morgan fingerprint density at radius 2 is 2.14 bits per heavy atom. The second-order valence-corrected chi connectivity index (χ2v) is 5.78. The Hall–Kier alpha value is -1.69. The maximum absolute atomic E-state index is 4.57. The van der Waals surface area contributed by atoms with Gasteiger partial charge in [0.05, 0.1) is 29.8 Å². The van der Waals surface area contributed by atoms with Gasteiger partial charge >= 0.3 is 0 Å². The summed E-state index contributed by atoms with van der Waals surface area (Å²) in [5.41, 5.74) is 3.34. The van der Waals surface area contributed by atoms with Crippen LogP contribution in [0.1, 0.15) is 43.8 Å². The number of nitrogens with one attached hydrogen (secondary N) is 1. The number of nitrogens with zero attached hydrogens (tertiary/aromatic N) is 5. The minimum absolute atomic E-state index is 0.733. The number of hydrogen-bond acceptors (Lipinski definition) is 4. The van der Waals surface area contributed by atoms with Crippen molar-refractivity contribution in [1.29, 1.82) is 0 Å². The van der Waals surface area contributed by atoms with Crippen molar-refractivity contribution < 1.29 is 0 Å². The van der Waals surface area contributed by atoms with Crippen LogP contribution in [-0.4, -0.2) is 31.3 Å². The van der Waals surface area contributed by atoms with Gasteiger partial charge in [-0.3, -0.25) is 4.68 Å². The first-order chi connectivity index (χ1) is 10.3. The molecule has 21 heavy (non-hydrogen) atoms. The molecule has 114 valence electrons. The summed E-state index contributed by atoms with van der Waals surface area (Å²) in [5, 5.41) is 16.5. The number of hydrogen-bond donors (Lipinski definition) is 1. The second-order valence-electron chi connectivity index (χ2n) is 5.78. The van der Waals surface area contributed by atoms with Crippen LogP contribution in [0.15, 0.2) is 12.3 Å². The molecule has 6 heteroatoms. The van der Waals surface area contributed by atoms with Gasteiger partial charge in [0.25, 0.3) is 0 Å². The third kappa shape index (κ3) is 3.69. The van der Waals surface area contributed by atoms with Crippen molar-refractivity contribution in [3.05, 3.63) is 29.3 Å². The minimum atomic E-state index is 0.733. The van der Waals surface area contributed by atoms with Crippen molar-refractivity contribution in [3.8, 4) is 0 Å². The molecule has 6 nitrogen and oxygen atoms in total. The zero-order valence-corrected chi connectivity index (χ0v) is 12.9. The van der Waals surface area contributed by atoms with E-state index >= 15 is 0 Å². The van der Waals surface area contributed by atoms with Crippen LogP contribution in [0.3, 0.4) is 0 Å². The molecular weight excluding hydrogens is 264 g/mol. The molecule has 0 spiro atoms. The highest BCUT2D eigenvalue weighted by Gasteiger charge is 2.20. The average molecular weight is 288 g/mol. The van der Waals surface area contributed by atoms with Crippen molar-refractivity contribution in [2.45, 2.75) is 52.7 Å². The zero-order chi connectivity index (χ0) is 14.7. The van der Waals surface area contributed by atoms with E-state index in [2.05, 4.69) is 40.6 Å². The Morgan fingerprint density at radius 1 is 1.29 bits per heavy atom. The van der Waals surface area contributed by atoms with E-state index < -0.39 is 0 Å². The molecule has 1 fully saturated rings. The van der Waals surface area contributed by atoms with Crippen molar-refractivity contribution in [2.75, 3.05) is 6.54 Å². The van der Waals surface area contributed by atoms with Crippen LogP contribution < -0.4 is 5.32 Å². The SMILES string of the molecule is CCc1cc(Cn2cc(CNCC3CC3)nn2)n(CC)n1. The molecule has 0 amide bonds. The Balaban J connectivity index is 1.59. The summed E-state index contributed by atoms with van der Waals surface area (Å²) in [7, 11) is 0. The fraction of sp³-hybridized carbons (Fsp3) is 0.667. The molecule has 3 rings (SSSR count). The van der Waals surface area contributed by atoms with Gasteiger partial charge < -0.3 is 5.32 Å². The molecule has 2 aromatic heterocycles. The van der Waals surface area contributed by atoms with Crippen molar-refractivity contribution in [1.82, 2.24) is 30.1 Å². The monoisotopic (exact) mass is 288 g/mol. The average Bonchev–Trinajstić information content (AvgIpc) is 3.07. The van der Waals surface area contributed by atoms with Crippen LogP contribution in [0.25, 0.3) is 0 Å². The fourth-order valence-corrected chi connectivity index (χ4v) is 2.48. The van der Waals surface area contributed by atoms with Crippen LogP contribution >= 0.6 is 0 Å². The highest BCUT2D eigenvalue weighted by Crippen LogP contribution is 2.27. The molecule has 0 bridgehead atoms. The molecule has 2 heterocycles. The molecule has 0 atom stereocenters. The molecule has 1 saturated carbocycles. The molecule has 1 aliphatic carbocycles. The molecule has 0 aromatic carbocycles. The molecule has 0 aliphatic heterocycles. The molecule has 1 aliphatic rings. The van der Waals surface area contributed by atoms with Crippen LogP contribution in [0, 0.1) is 5.92 Å². The summed E-state index contributed by atoms with van der Waals surface area (Å²) in [5.74, 6) is 0.895. The molecule has 0 saturated heterocycles. The Morgan fingerprint density at radius 3 is 2.86 bits per heavy atom. The minimum Gasteiger partial charge on any atom is -0.311 e. The normalized spacial score (nSPS) is 14.8. The third-order valence-corrected chi connectivity index (χ3v) is 3.92. The van der Waals surface area contributed by atoms with Crippen molar-refractivity contribution >= 4 is 0 Å². The maximum atomic E-state index is 4.57. The van der Waals surface area contributed by atoms with E-state index in [0.29, 0.717) is 0 Å². The smallest absolute Gasteiger partial charge is 0.0964 e. The first-order valence-corrected chi connectivity index (χ1v) is 7.93. The molecule has 0 unspecified atom stereocenters. The van der Waals surface area contributed by atoms with E-state index in [1.807, 2.05) is 15.6 Å². The van der Waals surface area contributed by atoms with Gasteiger partial charge in [-0.1, -0.05) is 12.1 Å². The molecular formula is C15H24N6.